The molecule has 0 fully saturated rings. The van der Waals surface area contributed by atoms with Crippen molar-refractivity contribution in [1.29, 1.82) is 0 Å². The Morgan fingerprint density at radius 1 is 1.11 bits per heavy atom. The summed E-state index contributed by atoms with van der Waals surface area (Å²) in [6, 6.07) is 7.03. The summed E-state index contributed by atoms with van der Waals surface area (Å²) in [6.45, 7) is 5.49. The van der Waals surface area contributed by atoms with E-state index in [0.29, 0.717) is 36.2 Å². The van der Waals surface area contributed by atoms with Crippen molar-refractivity contribution < 1.29 is 4.79 Å². The second-order valence-corrected chi connectivity index (χ2v) is 7.46. The number of carbonyl (C=O) groups is 1. The summed E-state index contributed by atoms with van der Waals surface area (Å²) >= 11 is 0. The van der Waals surface area contributed by atoms with Crippen LogP contribution in [0.15, 0.2) is 33.9 Å². The third kappa shape index (κ3) is 6.36. The van der Waals surface area contributed by atoms with Crippen LogP contribution in [0.5, 0.6) is 0 Å². The molecule has 1 aromatic carbocycles. The molecule has 1 heterocycles. The molecule has 28 heavy (non-hydrogen) atoms. The highest BCUT2D eigenvalue weighted by molar-refractivity contribution is 5.77. The first-order chi connectivity index (χ1) is 13.6. The summed E-state index contributed by atoms with van der Waals surface area (Å²) in [7, 11) is 0. The van der Waals surface area contributed by atoms with Gasteiger partial charge < -0.3 is 10.3 Å². The Morgan fingerprint density at radius 3 is 2.64 bits per heavy atom. The predicted molar refractivity (Wildman–Crippen MR) is 114 cm³/mol. The smallest absolute Gasteiger partial charge is 0.328 e. The van der Waals surface area contributed by atoms with E-state index in [2.05, 4.69) is 24.1 Å². The van der Waals surface area contributed by atoms with Crippen LogP contribution >= 0.6 is 0 Å². The van der Waals surface area contributed by atoms with Crippen LogP contribution in [0.3, 0.4) is 0 Å². The first kappa shape index (κ1) is 21.9. The number of para-hydroxylation sites is 1. The average molecular weight is 388 g/mol. The van der Waals surface area contributed by atoms with Gasteiger partial charge in [0.25, 0.3) is 5.56 Å². The van der Waals surface area contributed by atoms with Gasteiger partial charge in [0.15, 0.2) is 0 Å². The third-order valence-corrected chi connectivity index (χ3v) is 5.31. The molecule has 1 aromatic heterocycles. The molecule has 2 aromatic rings. The number of rotatable bonds is 12. The topological polar surface area (TPSA) is 84.0 Å². The number of aromatic nitrogens is 2. The van der Waals surface area contributed by atoms with Crippen LogP contribution in [-0.2, 0) is 11.3 Å². The molecular weight excluding hydrogens is 354 g/mol. The van der Waals surface area contributed by atoms with Gasteiger partial charge in [-0.1, -0.05) is 51.7 Å². The zero-order chi connectivity index (χ0) is 20.4. The SMILES string of the molecule is CCCCC(CC)CNC(=O)CCCCCn1c(=O)[nH]c2ccccc2c1=O. The van der Waals surface area contributed by atoms with Crippen molar-refractivity contribution in [2.45, 2.75) is 71.8 Å². The van der Waals surface area contributed by atoms with Gasteiger partial charge in [0.1, 0.15) is 0 Å². The van der Waals surface area contributed by atoms with Crippen LogP contribution in [-0.4, -0.2) is 22.0 Å². The quantitative estimate of drug-likeness (QED) is 0.546. The van der Waals surface area contributed by atoms with E-state index in [-0.39, 0.29) is 17.2 Å². The van der Waals surface area contributed by atoms with Crippen molar-refractivity contribution in [3.8, 4) is 0 Å². The van der Waals surface area contributed by atoms with E-state index < -0.39 is 0 Å². The van der Waals surface area contributed by atoms with Gasteiger partial charge in [-0.15, -0.1) is 0 Å². The van der Waals surface area contributed by atoms with Crippen molar-refractivity contribution >= 4 is 16.8 Å². The minimum absolute atomic E-state index is 0.0932. The minimum atomic E-state index is -0.376. The average Bonchev–Trinajstić information content (AvgIpc) is 2.70. The summed E-state index contributed by atoms with van der Waals surface area (Å²) in [5.41, 5.74) is -0.0661. The number of H-pyrrole nitrogens is 1. The monoisotopic (exact) mass is 387 g/mol. The number of aromatic amines is 1. The molecule has 0 saturated heterocycles. The van der Waals surface area contributed by atoms with Crippen LogP contribution < -0.4 is 16.6 Å². The maximum absolute atomic E-state index is 12.5. The van der Waals surface area contributed by atoms with Crippen LogP contribution in [0.1, 0.15) is 65.2 Å². The Kier molecular flexibility index (Phi) is 8.98. The number of fused-ring (bicyclic) bond motifs is 1. The first-order valence-corrected chi connectivity index (χ1v) is 10.5. The molecule has 6 nitrogen and oxygen atoms in total. The summed E-state index contributed by atoms with van der Waals surface area (Å²) in [5, 5.41) is 3.56. The summed E-state index contributed by atoms with van der Waals surface area (Å²) in [6.07, 6.45) is 7.42. The van der Waals surface area contributed by atoms with Crippen molar-refractivity contribution in [2.75, 3.05) is 6.54 Å². The Labute approximate surface area is 166 Å². The molecular formula is C22H33N3O3. The molecule has 0 spiro atoms. The zero-order valence-corrected chi connectivity index (χ0v) is 17.1. The van der Waals surface area contributed by atoms with E-state index >= 15 is 0 Å². The molecule has 1 unspecified atom stereocenters. The molecule has 0 saturated carbocycles. The highest BCUT2D eigenvalue weighted by Gasteiger charge is 2.09. The van der Waals surface area contributed by atoms with Crippen molar-refractivity contribution in [3.63, 3.8) is 0 Å². The lowest BCUT2D eigenvalue weighted by Gasteiger charge is -2.15. The fraction of sp³-hybridized carbons (Fsp3) is 0.591. The molecule has 0 aliphatic heterocycles. The molecule has 1 amide bonds. The highest BCUT2D eigenvalue weighted by atomic mass is 16.2. The van der Waals surface area contributed by atoms with Gasteiger partial charge in [-0.05, 0) is 37.3 Å². The van der Waals surface area contributed by atoms with Gasteiger partial charge in [-0.3, -0.25) is 14.2 Å². The van der Waals surface area contributed by atoms with Crippen LogP contribution in [0, 0.1) is 5.92 Å². The van der Waals surface area contributed by atoms with Gasteiger partial charge in [0.2, 0.25) is 5.91 Å². The number of benzene rings is 1. The fourth-order valence-corrected chi connectivity index (χ4v) is 3.42. The van der Waals surface area contributed by atoms with E-state index in [9.17, 15) is 14.4 Å². The van der Waals surface area contributed by atoms with Crippen LogP contribution in [0.2, 0.25) is 0 Å². The fourth-order valence-electron chi connectivity index (χ4n) is 3.42. The van der Waals surface area contributed by atoms with Gasteiger partial charge in [0, 0.05) is 19.5 Å². The number of carbonyl (C=O) groups excluding carboxylic acids is 1. The second-order valence-electron chi connectivity index (χ2n) is 7.46. The molecule has 1 atom stereocenters. The summed E-state index contributed by atoms with van der Waals surface area (Å²) in [5.74, 6) is 0.658. The van der Waals surface area contributed by atoms with Crippen molar-refractivity contribution in [3.05, 3.63) is 45.1 Å². The zero-order valence-electron chi connectivity index (χ0n) is 17.1. The predicted octanol–water partition coefficient (Wildman–Crippen LogP) is 3.58. The maximum Gasteiger partial charge on any atom is 0.328 e. The largest absolute Gasteiger partial charge is 0.356 e. The van der Waals surface area contributed by atoms with Gasteiger partial charge >= 0.3 is 5.69 Å². The maximum atomic E-state index is 12.5. The van der Waals surface area contributed by atoms with E-state index in [1.54, 1.807) is 24.3 Å². The third-order valence-electron chi connectivity index (χ3n) is 5.31. The van der Waals surface area contributed by atoms with E-state index in [0.717, 1.165) is 25.8 Å². The molecule has 2 N–H and O–H groups in total. The standard InChI is InChI=1S/C22H33N3O3/c1-3-5-11-17(4-2)16-23-20(26)14-7-6-10-15-25-21(27)18-12-8-9-13-19(18)24-22(25)28/h8-9,12-13,17H,3-7,10-11,14-16H2,1-2H3,(H,23,26)(H,24,28). The number of nitrogens with zero attached hydrogens (tertiary/aromatic N) is 1. The Morgan fingerprint density at radius 2 is 1.89 bits per heavy atom. The van der Waals surface area contributed by atoms with Crippen molar-refractivity contribution in [1.82, 2.24) is 14.9 Å². The van der Waals surface area contributed by atoms with Gasteiger partial charge in [0.05, 0.1) is 10.9 Å². The molecule has 0 aliphatic rings. The Hall–Kier alpha value is -2.37. The number of nitrogens with one attached hydrogen (secondary N) is 2. The van der Waals surface area contributed by atoms with Gasteiger partial charge in [-0.25, -0.2) is 4.79 Å². The van der Waals surface area contributed by atoms with Crippen molar-refractivity contribution in [2.24, 2.45) is 5.92 Å². The van der Waals surface area contributed by atoms with Crippen LogP contribution in [0.25, 0.3) is 10.9 Å². The molecule has 0 radical (unpaired) electrons. The molecule has 154 valence electrons. The summed E-state index contributed by atoms with van der Waals surface area (Å²) in [4.78, 5) is 39.3. The number of hydrogen-bond acceptors (Lipinski definition) is 3. The lowest BCUT2D eigenvalue weighted by atomic mass is 9.99. The number of hydrogen-bond donors (Lipinski definition) is 2. The Bertz CT molecular complexity index is 869. The minimum Gasteiger partial charge on any atom is -0.356 e. The molecule has 2 rings (SSSR count). The van der Waals surface area contributed by atoms with Gasteiger partial charge in [-0.2, -0.15) is 0 Å². The molecule has 0 aliphatic carbocycles. The molecule has 0 bridgehead atoms. The summed E-state index contributed by atoms with van der Waals surface area (Å²) < 4.78 is 1.25. The first-order valence-electron chi connectivity index (χ1n) is 10.5. The van der Waals surface area contributed by atoms with E-state index in [1.807, 2.05) is 0 Å². The lowest BCUT2D eigenvalue weighted by Crippen LogP contribution is -2.35. The lowest BCUT2D eigenvalue weighted by molar-refractivity contribution is -0.121. The highest BCUT2D eigenvalue weighted by Crippen LogP contribution is 2.11. The normalized spacial score (nSPS) is 12.2. The number of unbranched alkanes of at least 4 members (excludes halogenated alkanes) is 3. The van der Waals surface area contributed by atoms with E-state index in [1.165, 1.54) is 23.8 Å². The van der Waals surface area contributed by atoms with E-state index in [4.69, 9.17) is 0 Å². The Balaban J connectivity index is 1.73. The molecule has 6 heteroatoms. The second kappa shape index (κ2) is 11.5. The van der Waals surface area contributed by atoms with Crippen LogP contribution in [0.4, 0.5) is 0 Å². The number of amides is 1.